The molecule has 2 N–H and O–H groups in total. The van der Waals surface area contributed by atoms with Gasteiger partial charge in [-0.2, -0.15) is 0 Å². The fourth-order valence-corrected chi connectivity index (χ4v) is 5.17. The lowest BCUT2D eigenvalue weighted by molar-refractivity contribution is -0.117. The summed E-state index contributed by atoms with van der Waals surface area (Å²) in [5, 5.41) is 5.99. The molecule has 11 heteroatoms. The van der Waals surface area contributed by atoms with Crippen molar-refractivity contribution in [1.82, 2.24) is 19.9 Å². The summed E-state index contributed by atoms with van der Waals surface area (Å²) in [4.78, 5) is 40.1. The van der Waals surface area contributed by atoms with Crippen LogP contribution in [0.3, 0.4) is 0 Å². The SMILES string of the molecule is CC(C(=O)Nc1ncc(Cl)s1)c1cccc(-c2cnc(NC(=O)/C=C/CN3CC4CC3CO4)cn2)c1. The molecule has 0 aliphatic carbocycles. The van der Waals surface area contributed by atoms with Gasteiger partial charge in [-0.3, -0.25) is 19.5 Å². The molecule has 1 aromatic carbocycles. The van der Waals surface area contributed by atoms with Gasteiger partial charge in [-0.15, -0.1) is 0 Å². The zero-order chi connectivity index (χ0) is 25.1. The lowest BCUT2D eigenvalue weighted by atomic mass is 9.97. The molecule has 5 rings (SSSR count). The molecule has 2 fully saturated rings. The Balaban J connectivity index is 1.16. The van der Waals surface area contributed by atoms with Gasteiger partial charge in [0, 0.05) is 30.8 Å². The molecule has 4 heterocycles. The van der Waals surface area contributed by atoms with Gasteiger partial charge in [-0.05, 0) is 25.0 Å². The summed E-state index contributed by atoms with van der Waals surface area (Å²) in [5.74, 6) is -0.468. The van der Waals surface area contributed by atoms with Crippen LogP contribution in [0.1, 0.15) is 24.8 Å². The zero-order valence-electron chi connectivity index (χ0n) is 19.6. The molecule has 2 aliphatic heterocycles. The van der Waals surface area contributed by atoms with Crippen LogP contribution in [0.2, 0.25) is 4.34 Å². The lowest BCUT2D eigenvalue weighted by Crippen LogP contribution is -2.36. The number of anilines is 2. The number of hydrogen-bond acceptors (Lipinski definition) is 8. The van der Waals surface area contributed by atoms with Crippen molar-refractivity contribution in [3.8, 4) is 11.3 Å². The van der Waals surface area contributed by atoms with Crippen LogP contribution >= 0.6 is 22.9 Å². The van der Waals surface area contributed by atoms with E-state index in [1.165, 1.54) is 29.8 Å². The summed E-state index contributed by atoms with van der Waals surface area (Å²) in [5.41, 5.74) is 2.28. The number of fused-ring (bicyclic) bond motifs is 2. The molecular weight excluding hydrogens is 500 g/mol. The van der Waals surface area contributed by atoms with Crippen molar-refractivity contribution in [2.24, 2.45) is 0 Å². The minimum Gasteiger partial charge on any atom is -0.375 e. The molecule has 0 spiro atoms. The smallest absolute Gasteiger partial charge is 0.249 e. The number of halogens is 1. The van der Waals surface area contributed by atoms with Crippen LogP contribution in [0.15, 0.2) is 55.0 Å². The van der Waals surface area contributed by atoms with Crippen LogP contribution < -0.4 is 10.6 Å². The highest BCUT2D eigenvalue weighted by Crippen LogP contribution is 2.28. The summed E-state index contributed by atoms with van der Waals surface area (Å²) in [7, 11) is 0. The summed E-state index contributed by atoms with van der Waals surface area (Å²) in [6.45, 7) is 4.26. The number of morpholine rings is 1. The predicted molar refractivity (Wildman–Crippen MR) is 139 cm³/mol. The standard InChI is InChI=1S/C25H25ClN6O3S/c1-15(24(34)31-25-29-11-21(26)36-25)16-4-2-5-17(8-16)20-10-28-22(12-27-20)30-23(33)6-3-7-32-13-19-9-18(32)14-35-19/h2-6,8,10-12,15,18-19H,7,9,13-14H2,1H3,(H,28,30,33)(H,29,31,34)/b6-3+. The van der Waals surface area contributed by atoms with Crippen molar-refractivity contribution in [1.29, 1.82) is 0 Å². The number of likely N-dealkylation sites (tertiary alicyclic amines) is 1. The largest absolute Gasteiger partial charge is 0.375 e. The van der Waals surface area contributed by atoms with Crippen LogP contribution in [0.25, 0.3) is 11.3 Å². The Morgan fingerprint density at radius 2 is 2.14 bits per heavy atom. The van der Waals surface area contributed by atoms with E-state index in [-0.39, 0.29) is 11.8 Å². The predicted octanol–water partition coefficient (Wildman–Crippen LogP) is 3.96. The lowest BCUT2D eigenvalue weighted by Gasteiger charge is -2.24. The van der Waals surface area contributed by atoms with Gasteiger partial charge < -0.3 is 15.4 Å². The minimum atomic E-state index is -0.408. The van der Waals surface area contributed by atoms with E-state index in [0.717, 1.165) is 37.2 Å². The number of nitrogens with one attached hydrogen (secondary N) is 2. The fraction of sp³-hybridized carbons (Fsp3) is 0.320. The van der Waals surface area contributed by atoms with Crippen molar-refractivity contribution in [2.75, 3.05) is 30.3 Å². The first-order valence-electron chi connectivity index (χ1n) is 11.6. The number of ether oxygens (including phenoxy) is 1. The highest BCUT2D eigenvalue weighted by molar-refractivity contribution is 7.19. The van der Waals surface area contributed by atoms with Gasteiger partial charge in [0.2, 0.25) is 11.8 Å². The third kappa shape index (κ3) is 5.79. The average Bonchev–Trinajstić information content (AvgIpc) is 3.62. The first kappa shape index (κ1) is 24.5. The van der Waals surface area contributed by atoms with E-state index in [0.29, 0.717) is 33.1 Å². The summed E-state index contributed by atoms with van der Waals surface area (Å²) in [6.07, 6.45) is 9.44. The minimum absolute atomic E-state index is 0.180. The molecule has 36 heavy (non-hydrogen) atoms. The monoisotopic (exact) mass is 524 g/mol. The summed E-state index contributed by atoms with van der Waals surface area (Å²) < 4.78 is 6.11. The molecular formula is C25H25ClN6O3S. The first-order chi connectivity index (χ1) is 17.4. The van der Waals surface area contributed by atoms with E-state index < -0.39 is 5.92 Å². The average molecular weight is 525 g/mol. The molecule has 3 atom stereocenters. The van der Waals surface area contributed by atoms with Crippen LogP contribution in [0.5, 0.6) is 0 Å². The third-order valence-corrected chi connectivity index (χ3v) is 7.34. The maximum Gasteiger partial charge on any atom is 0.249 e. The molecule has 3 aromatic rings. The van der Waals surface area contributed by atoms with Gasteiger partial charge in [0.25, 0.3) is 0 Å². The van der Waals surface area contributed by atoms with Crippen molar-refractivity contribution in [3.63, 3.8) is 0 Å². The van der Waals surface area contributed by atoms with E-state index in [2.05, 4.69) is 30.5 Å². The Labute approximate surface area is 217 Å². The van der Waals surface area contributed by atoms with Crippen molar-refractivity contribution in [2.45, 2.75) is 31.4 Å². The number of carbonyl (C=O) groups is 2. The molecule has 2 aromatic heterocycles. The molecule has 2 amide bonds. The van der Waals surface area contributed by atoms with Crippen molar-refractivity contribution in [3.05, 3.63) is 64.9 Å². The van der Waals surface area contributed by atoms with Gasteiger partial charge in [-0.1, -0.05) is 47.2 Å². The number of nitrogens with zero attached hydrogens (tertiary/aromatic N) is 4. The molecule has 0 radical (unpaired) electrons. The van der Waals surface area contributed by atoms with E-state index in [9.17, 15) is 9.59 Å². The van der Waals surface area contributed by atoms with Crippen LogP contribution in [-0.2, 0) is 14.3 Å². The maximum atomic E-state index is 12.6. The Hall–Kier alpha value is -3.18. The molecule has 186 valence electrons. The zero-order valence-corrected chi connectivity index (χ0v) is 21.1. The summed E-state index contributed by atoms with van der Waals surface area (Å²) >= 11 is 7.10. The fourth-order valence-electron chi connectivity index (χ4n) is 4.35. The molecule has 0 saturated carbocycles. The van der Waals surface area contributed by atoms with Crippen LogP contribution in [-0.4, -0.2) is 63.5 Å². The number of amides is 2. The Kier molecular flexibility index (Phi) is 7.38. The Morgan fingerprint density at radius 1 is 1.25 bits per heavy atom. The van der Waals surface area contributed by atoms with E-state index in [4.69, 9.17) is 16.3 Å². The Morgan fingerprint density at radius 3 is 2.83 bits per heavy atom. The molecule has 2 aliphatic rings. The number of rotatable bonds is 8. The topological polar surface area (TPSA) is 109 Å². The quantitative estimate of drug-likeness (QED) is 0.429. The highest BCUT2D eigenvalue weighted by atomic mass is 35.5. The van der Waals surface area contributed by atoms with Crippen molar-refractivity contribution >= 4 is 45.7 Å². The number of hydrogen-bond donors (Lipinski definition) is 2. The molecule has 9 nitrogen and oxygen atoms in total. The van der Waals surface area contributed by atoms with E-state index in [1.54, 1.807) is 6.20 Å². The molecule has 2 bridgehead atoms. The second kappa shape index (κ2) is 10.8. The maximum absolute atomic E-state index is 12.6. The number of thiazole rings is 1. The highest BCUT2D eigenvalue weighted by Gasteiger charge is 2.38. The van der Waals surface area contributed by atoms with Gasteiger partial charge in [-0.25, -0.2) is 9.97 Å². The van der Waals surface area contributed by atoms with Crippen LogP contribution in [0.4, 0.5) is 10.9 Å². The van der Waals surface area contributed by atoms with Gasteiger partial charge in [0.1, 0.15) is 4.34 Å². The third-order valence-electron chi connectivity index (χ3n) is 6.31. The second-order valence-corrected chi connectivity index (χ2v) is 10.4. The van der Waals surface area contributed by atoms with E-state index in [1.807, 2.05) is 37.3 Å². The number of aromatic nitrogens is 3. The van der Waals surface area contributed by atoms with E-state index >= 15 is 0 Å². The van der Waals surface area contributed by atoms with Crippen LogP contribution in [0, 0.1) is 0 Å². The summed E-state index contributed by atoms with van der Waals surface area (Å²) in [6, 6.07) is 8.02. The molecule has 2 saturated heterocycles. The van der Waals surface area contributed by atoms with Gasteiger partial charge in [0.05, 0.1) is 42.9 Å². The van der Waals surface area contributed by atoms with Gasteiger partial charge >= 0.3 is 0 Å². The number of benzene rings is 1. The molecule has 3 unspecified atom stereocenters. The van der Waals surface area contributed by atoms with Gasteiger partial charge in [0.15, 0.2) is 10.9 Å². The first-order valence-corrected chi connectivity index (χ1v) is 12.8. The normalized spacial score (nSPS) is 20.1. The second-order valence-electron chi connectivity index (χ2n) is 8.78. The number of carbonyl (C=O) groups excluding carboxylic acids is 2. The Bertz CT molecular complexity index is 1280. The van der Waals surface area contributed by atoms with Crippen molar-refractivity contribution < 1.29 is 14.3 Å².